The molecule has 2 aromatic heterocycles. The van der Waals surface area contributed by atoms with Crippen LogP contribution in [0.1, 0.15) is 64.9 Å². The Morgan fingerprint density at radius 3 is 2.70 bits per heavy atom. The summed E-state index contributed by atoms with van der Waals surface area (Å²) in [5, 5.41) is 14.5. The predicted molar refractivity (Wildman–Crippen MR) is 182 cm³/mol. The number of phenolic OH excluding ortho intramolecular Hbond substituents is 1. The van der Waals surface area contributed by atoms with Crippen molar-refractivity contribution in [3.8, 4) is 35.4 Å². The molecule has 7 rings (SSSR count). The van der Waals surface area contributed by atoms with Gasteiger partial charge in [-0.1, -0.05) is 12.0 Å². The third-order valence-electron chi connectivity index (χ3n) is 9.71. The zero-order valence-corrected chi connectivity index (χ0v) is 28.3. The standard InChI is InChI=1S/C37H39F3N6O4/c1-5-25-28(39)11-10-22-16-24(47)17-26(29(22)25)31-30(40)32-27(19-41-31)33(45-14-7-6-8-15-46(45)35(48)50-36(2,3)4)43-34(42-32)49-21-37-12-9-13-44(37)20-23(38)18-37/h1,10-11,16-17,19,23,47H,6-9,12-15,18,20-21H2,2-4H3/t23-,37+/m1/s1. The average Bonchev–Trinajstić information content (AvgIpc) is 3.46. The van der Waals surface area contributed by atoms with Crippen LogP contribution in [0.2, 0.25) is 0 Å². The van der Waals surface area contributed by atoms with Gasteiger partial charge in [0, 0.05) is 43.2 Å². The number of hydrogen-bond acceptors (Lipinski definition) is 9. The lowest BCUT2D eigenvalue weighted by atomic mass is 9.95. The van der Waals surface area contributed by atoms with E-state index in [9.17, 15) is 18.7 Å². The molecule has 2 aromatic carbocycles. The molecule has 1 amide bonds. The van der Waals surface area contributed by atoms with E-state index in [1.165, 1.54) is 35.5 Å². The largest absolute Gasteiger partial charge is 0.508 e. The molecule has 5 heterocycles. The first-order chi connectivity index (χ1) is 23.9. The highest BCUT2D eigenvalue weighted by molar-refractivity contribution is 6.03. The van der Waals surface area contributed by atoms with Gasteiger partial charge in [-0.15, -0.1) is 6.42 Å². The van der Waals surface area contributed by atoms with E-state index in [1.54, 1.807) is 25.8 Å². The van der Waals surface area contributed by atoms with Crippen LogP contribution in [0.3, 0.4) is 0 Å². The number of aromatic hydroxyl groups is 1. The summed E-state index contributed by atoms with van der Waals surface area (Å²) in [6, 6.07) is 5.16. The van der Waals surface area contributed by atoms with E-state index in [0.29, 0.717) is 44.3 Å². The Bertz CT molecular complexity index is 2030. The number of pyridine rings is 1. The average molecular weight is 689 g/mol. The Morgan fingerprint density at radius 1 is 1.12 bits per heavy atom. The zero-order chi connectivity index (χ0) is 35.4. The topological polar surface area (TPSA) is 104 Å². The van der Waals surface area contributed by atoms with Crippen LogP contribution >= 0.6 is 0 Å². The number of aromatic nitrogens is 3. The minimum Gasteiger partial charge on any atom is -0.508 e. The number of carbonyl (C=O) groups excluding carboxylic acids is 1. The van der Waals surface area contributed by atoms with Crippen LogP contribution in [0, 0.1) is 24.0 Å². The monoisotopic (exact) mass is 688 g/mol. The number of carbonyl (C=O) groups is 1. The molecule has 2 atom stereocenters. The second kappa shape index (κ2) is 12.8. The van der Waals surface area contributed by atoms with Crippen molar-refractivity contribution in [2.75, 3.05) is 37.8 Å². The Morgan fingerprint density at radius 2 is 1.92 bits per heavy atom. The molecule has 0 radical (unpaired) electrons. The first-order valence-electron chi connectivity index (χ1n) is 17.0. The van der Waals surface area contributed by atoms with Gasteiger partial charge in [0.05, 0.1) is 16.5 Å². The van der Waals surface area contributed by atoms with E-state index in [1.807, 2.05) is 0 Å². The number of alkyl halides is 1. The summed E-state index contributed by atoms with van der Waals surface area (Å²) in [6.07, 6.45) is 9.72. The van der Waals surface area contributed by atoms with Crippen LogP contribution in [0.15, 0.2) is 30.5 Å². The van der Waals surface area contributed by atoms with E-state index in [4.69, 9.17) is 20.9 Å². The van der Waals surface area contributed by atoms with E-state index in [0.717, 1.165) is 25.8 Å². The highest BCUT2D eigenvalue weighted by atomic mass is 19.1. The molecule has 0 bridgehead atoms. The summed E-state index contributed by atoms with van der Waals surface area (Å²) < 4.78 is 58.5. The second-order valence-electron chi connectivity index (χ2n) is 14.3. The van der Waals surface area contributed by atoms with Crippen molar-refractivity contribution >= 4 is 33.6 Å². The maximum atomic E-state index is 17.0. The van der Waals surface area contributed by atoms with Crippen LogP contribution in [-0.4, -0.2) is 86.2 Å². The molecular formula is C37H39F3N6O4. The minimum absolute atomic E-state index is 0.0695. The minimum atomic E-state index is -0.979. The number of anilines is 1. The number of hydrazine groups is 1. The van der Waals surface area contributed by atoms with Gasteiger partial charge in [-0.2, -0.15) is 9.97 Å². The third-order valence-corrected chi connectivity index (χ3v) is 9.71. The molecule has 0 saturated carbocycles. The second-order valence-corrected chi connectivity index (χ2v) is 14.3. The lowest BCUT2D eigenvalue weighted by molar-refractivity contribution is 0.0232. The van der Waals surface area contributed by atoms with Gasteiger partial charge in [-0.3, -0.25) is 14.9 Å². The maximum absolute atomic E-state index is 17.0. The molecule has 1 N–H and O–H groups in total. The number of rotatable bonds is 5. The van der Waals surface area contributed by atoms with Crippen molar-refractivity contribution < 1.29 is 32.5 Å². The van der Waals surface area contributed by atoms with E-state index in [2.05, 4.69) is 20.8 Å². The van der Waals surface area contributed by atoms with Gasteiger partial charge in [0.25, 0.3) is 0 Å². The van der Waals surface area contributed by atoms with Gasteiger partial charge < -0.3 is 14.6 Å². The number of nitrogens with zero attached hydrogens (tertiary/aromatic N) is 6. The molecule has 3 aliphatic heterocycles. The van der Waals surface area contributed by atoms with Gasteiger partial charge in [-0.05, 0) is 83.0 Å². The summed E-state index contributed by atoms with van der Waals surface area (Å²) >= 11 is 0. The van der Waals surface area contributed by atoms with Crippen molar-refractivity contribution in [1.29, 1.82) is 0 Å². The lowest BCUT2D eigenvalue weighted by Gasteiger charge is -2.36. The summed E-state index contributed by atoms with van der Waals surface area (Å²) in [7, 11) is 0. The normalized spacial score (nSPS) is 21.3. The molecule has 13 heteroatoms. The van der Waals surface area contributed by atoms with Crippen molar-refractivity contribution in [1.82, 2.24) is 24.9 Å². The van der Waals surface area contributed by atoms with Crippen LogP contribution in [0.4, 0.5) is 23.8 Å². The molecular weight excluding hydrogens is 649 g/mol. The van der Waals surface area contributed by atoms with Gasteiger partial charge >= 0.3 is 12.1 Å². The van der Waals surface area contributed by atoms with Crippen molar-refractivity contribution in [2.24, 2.45) is 0 Å². The first-order valence-corrected chi connectivity index (χ1v) is 17.0. The summed E-state index contributed by atoms with van der Waals surface area (Å²) in [5.41, 5.74) is -1.74. The smallest absolute Gasteiger partial charge is 0.429 e. The fourth-order valence-electron chi connectivity index (χ4n) is 7.54. The Balaban J connectivity index is 1.40. The van der Waals surface area contributed by atoms with E-state index < -0.39 is 35.0 Å². The highest BCUT2D eigenvalue weighted by Crippen LogP contribution is 2.42. The van der Waals surface area contributed by atoms with Crippen LogP contribution in [0.5, 0.6) is 11.8 Å². The summed E-state index contributed by atoms with van der Waals surface area (Å²) in [5.74, 6) is 0.763. The zero-order valence-electron chi connectivity index (χ0n) is 28.3. The Labute approximate surface area is 288 Å². The molecule has 3 aliphatic rings. The van der Waals surface area contributed by atoms with E-state index in [-0.39, 0.29) is 57.3 Å². The molecule has 0 spiro atoms. The van der Waals surface area contributed by atoms with Gasteiger partial charge in [0.15, 0.2) is 11.6 Å². The number of benzene rings is 2. The fourth-order valence-corrected chi connectivity index (χ4v) is 7.54. The molecule has 0 unspecified atom stereocenters. The molecule has 0 aliphatic carbocycles. The summed E-state index contributed by atoms with van der Waals surface area (Å²) in [6.45, 7) is 7.20. The molecule has 10 nitrogen and oxygen atoms in total. The molecule has 262 valence electrons. The number of phenols is 1. The molecule has 3 saturated heterocycles. The quantitative estimate of drug-likeness (QED) is 0.224. The van der Waals surface area contributed by atoms with Gasteiger partial charge in [0.2, 0.25) is 0 Å². The van der Waals surface area contributed by atoms with Crippen LogP contribution < -0.4 is 9.75 Å². The number of hydrogen-bond donors (Lipinski definition) is 1. The number of terminal acetylenes is 1. The lowest BCUT2D eigenvalue weighted by Crippen LogP contribution is -2.49. The van der Waals surface area contributed by atoms with Crippen molar-refractivity contribution in [2.45, 2.75) is 76.6 Å². The molecule has 4 aromatic rings. The Kier molecular flexibility index (Phi) is 8.62. The van der Waals surface area contributed by atoms with Crippen molar-refractivity contribution in [3.63, 3.8) is 0 Å². The third kappa shape index (κ3) is 6.10. The summed E-state index contributed by atoms with van der Waals surface area (Å²) in [4.78, 5) is 29.4. The first kappa shape index (κ1) is 33.7. The van der Waals surface area contributed by atoms with Gasteiger partial charge in [-0.25, -0.2) is 23.0 Å². The molecule has 50 heavy (non-hydrogen) atoms. The number of fused-ring (bicyclic) bond motifs is 3. The number of amides is 1. The SMILES string of the molecule is C#Cc1c(F)ccc2cc(O)cc(-c3ncc4c(N5CCCCCN5C(=O)OC(C)(C)C)nc(OC[C@@]56CCCN5C[C@H](F)C6)nc4c3F)c12. The van der Waals surface area contributed by atoms with Gasteiger partial charge in [0.1, 0.15) is 41.2 Å². The maximum Gasteiger partial charge on any atom is 0.429 e. The fraction of sp³-hybridized carbons (Fsp3) is 0.459. The van der Waals surface area contributed by atoms with Crippen LogP contribution in [-0.2, 0) is 4.74 Å². The number of halogens is 3. The van der Waals surface area contributed by atoms with Crippen LogP contribution in [0.25, 0.3) is 32.9 Å². The molecule has 3 fully saturated rings. The predicted octanol–water partition coefficient (Wildman–Crippen LogP) is 6.91. The number of ether oxygens (including phenoxy) is 2. The highest BCUT2D eigenvalue weighted by Gasteiger charge is 2.49. The Hall–Kier alpha value is -4.83. The van der Waals surface area contributed by atoms with Crippen molar-refractivity contribution in [3.05, 3.63) is 47.7 Å². The van der Waals surface area contributed by atoms with E-state index >= 15 is 4.39 Å².